The van der Waals surface area contributed by atoms with E-state index >= 15 is 0 Å². The van der Waals surface area contributed by atoms with Crippen molar-refractivity contribution in [2.24, 2.45) is 5.73 Å². The van der Waals surface area contributed by atoms with Crippen LogP contribution in [0.2, 0.25) is 0 Å². The summed E-state index contributed by atoms with van der Waals surface area (Å²) in [5, 5.41) is 3.94. The van der Waals surface area contributed by atoms with Crippen LogP contribution in [0.25, 0.3) is 11.0 Å². The van der Waals surface area contributed by atoms with Crippen molar-refractivity contribution in [2.75, 3.05) is 13.1 Å². The molecule has 0 aliphatic rings. The Morgan fingerprint density at radius 3 is 2.85 bits per heavy atom. The first kappa shape index (κ1) is 14.6. The van der Waals surface area contributed by atoms with Crippen LogP contribution in [-0.2, 0) is 11.2 Å². The SMILES string of the molecule is Cc1ccc2c(CC(=O)NCCCCN)coc2c1C. The molecule has 1 aromatic carbocycles. The van der Waals surface area contributed by atoms with Crippen molar-refractivity contribution in [1.29, 1.82) is 0 Å². The lowest BCUT2D eigenvalue weighted by atomic mass is 10.0. The normalized spacial score (nSPS) is 10.9. The van der Waals surface area contributed by atoms with Gasteiger partial charge in [0, 0.05) is 17.5 Å². The van der Waals surface area contributed by atoms with Crippen molar-refractivity contribution in [3.63, 3.8) is 0 Å². The predicted molar refractivity (Wildman–Crippen MR) is 80.7 cm³/mol. The fourth-order valence-corrected chi connectivity index (χ4v) is 2.26. The van der Waals surface area contributed by atoms with Crippen LogP contribution in [0.15, 0.2) is 22.8 Å². The van der Waals surface area contributed by atoms with E-state index in [1.165, 1.54) is 5.56 Å². The van der Waals surface area contributed by atoms with E-state index in [0.717, 1.165) is 34.9 Å². The van der Waals surface area contributed by atoms with E-state index in [-0.39, 0.29) is 5.91 Å². The quantitative estimate of drug-likeness (QED) is 0.795. The summed E-state index contributed by atoms with van der Waals surface area (Å²) in [6, 6.07) is 4.09. The highest BCUT2D eigenvalue weighted by atomic mass is 16.3. The zero-order valence-electron chi connectivity index (χ0n) is 12.2. The summed E-state index contributed by atoms with van der Waals surface area (Å²) in [6.45, 7) is 5.45. The van der Waals surface area contributed by atoms with Crippen molar-refractivity contribution >= 4 is 16.9 Å². The van der Waals surface area contributed by atoms with Crippen LogP contribution in [0.5, 0.6) is 0 Å². The van der Waals surface area contributed by atoms with Crippen LogP contribution in [0.3, 0.4) is 0 Å². The molecule has 0 saturated heterocycles. The first-order chi connectivity index (χ1) is 9.63. The molecule has 1 heterocycles. The van der Waals surface area contributed by atoms with Crippen molar-refractivity contribution in [3.05, 3.63) is 35.1 Å². The number of unbranched alkanes of at least 4 members (excludes halogenated alkanes) is 1. The van der Waals surface area contributed by atoms with Gasteiger partial charge in [-0.3, -0.25) is 4.79 Å². The van der Waals surface area contributed by atoms with Gasteiger partial charge in [-0.1, -0.05) is 12.1 Å². The fraction of sp³-hybridized carbons (Fsp3) is 0.438. The number of hydrogen-bond acceptors (Lipinski definition) is 3. The van der Waals surface area contributed by atoms with Crippen molar-refractivity contribution in [1.82, 2.24) is 5.32 Å². The lowest BCUT2D eigenvalue weighted by Gasteiger charge is -2.04. The van der Waals surface area contributed by atoms with Gasteiger partial charge in [-0.25, -0.2) is 0 Å². The molecule has 3 N–H and O–H groups in total. The molecular formula is C16H22N2O2. The third-order valence-corrected chi connectivity index (χ3v) is 3.65. The first-order valence-electron chi connectivity index (χ1n) is 7.06. The maximum atomic E-state index is 11.9. The summed E-state index contributed by atoms with van der Waals surface area (Å²) in [4.78, 5) is 11.9. The standard InChI is InChI=1S/C16H22N2O2/c1-11-5-6-14-13(10-20-16(14)12(11)2)9-15(19)18-8-4-3-7-17/h5-6,10H,3-4,7-9,17H2,1-2H3,(H,18,19). The number of nitrogens with two attached hydrogens (primary N) is 1. The van der Waals surface area contributed by atoms with E-state index in [9.17, 15) is 4.79 Å². The van der Waals surface area contributed by atoms with Gasteiger partial charge in [0.2, 0.25) is 5.91 Å². The largest absolute Gasteiger partial charge is 0.464 e. The summed E-state index contributed by atoms with van der Waals surface area (Å²) < 4.78 is 5.61. The summed E-state index contributed by atoms with van der Waals surface area (Å²) in [5.74, 6) is 0.0305. The molecule has 108 valence electrons. The molecule has 0 aliphatic carbocycles. The second kappa shape index (κ2) is 6.57. The molecule has 0 saturated carbocycles. The second-order valence-corrected chi connectivity index (χ2v) is 5.17. The maximum Gasteiger partial charge on any atom is 0.224 e. The van der Waals surface area contributed by atoms with E-state index in [2.05, 4.69) is 18.3 Å². The van der Waals surface area contributed by atoms with Crippen molar-refractivity contribution in [3.8, 4) is 0 Å². The van der Waals surface area contributed by atoms with Crippen LogP contribution >= 0.6 is 0 Å². The maximum absolute atomic E-state index is 11.9. The number of rotatable bonds is 6. The van der Waals surface area contributed by atoms with Gasteiger partial charge in [-0.15, -0.1) is 0 Å². The fourth-order valence-electron chi connectivity index (χ4n) is 2.26. The Kier molecular flexibility index (Phi) is 4.79. The lowest BCUT2D eigenvalue weighted by Crippen LogP contribution is -2.26. The number of amides is 1. The van der Waals surface area contributed by atoms with E-state index < -0.39 is 0 Å². The first-order valence-corrected chi connectivity index (χ1v) is 7.06. The molecule has 0 aliphatic heterocycles. The molecule has 0 atom stereocenters. The molecule has 4 nitrogen and oxygen atoms in total. The third kappa shape index (κ3) is 3.20. The Morgan fingerprint density at radius 1 is 1.30 bits per heavy atom. The molecule has 2 rings (SSSR count). The number of benzene rings is 1. The molecule has 4 heteroatoms. The number of carbonyl (C=O) groups is 1. The van der Waals surface area contributed by atoms with Crippen LogP contribution in [0.1, 0.15) is 29.5 Å². The van der Waals surface area contributed by atoms with Gasteiger partial charge in [0.1, 0.15) is 5.58 Å². The minimum absolute atomic E-state index is 0.0305. The Balaban J connectivity index is 2.03. The summed E-state index contributed by atoms with van der Waals surface area (Å²) in [7, 11) is 0. The summed E-state index contributed by atoms with van der Waals surface area (Å²) in [5.41, 5.74) is 9.58. The predicted octanol–water partition coefficient (Wildman–Crippen LogP) is 2.45. The topological polar surface area (TPSA) is 68.3 Å². The van der Waals surface area contributed by atoms with Crippen LogP contribution in [-0.4, -0.2) is 19.0 Å². The summed E-state index contributed by atoms with van der Waals surface area (Å²) in [6.07, 6.45) is 3.91. The van der Waals surface area contributed by atoms with Gasteiger partial charge in [0.05, 0.1) is 12.7 Å². The monoisotopic (exact) mass is 274 g/mol. The highest BCUT2D eigenvalue weighted by molar-refractivity contribution is 5.89. The van der Waals surface area contributed by atoms with Gasteiger partial charge >= 0.3 is 0 Å². The molecule has 0 bridgehead atoms. The van der Waals surface area contributed by atoms with E-state index in [0.29, 0.717) is 19.5 Å². The minimum Gasteiger partial charge on any atom is -0.464 e. The molecule has 0 unspecified atom stereocenters. The van der Waals surface area contributed by atoms with Gasteiger partial charge in [-0.2, -0.15) is 0 Å². The zero-order valence-corrected chi connectivity index (χ0v) is 12.2. The number of hydrogen-bond donors (Lipinski definition) is 2. The Hall–Kier alpha value is -1.81. The third-order valence-electron chi connectivity index (χ3n) is 3.65. The lowest BCUT2D eigenvalue weighted by molar-refractivity contribution is -0.120. The number of furan rings is 1. The number of aryl methyl sites for hydroxylation is 2. The Labute approximate surface area is 119 Å². The molecule has 0 spiro atoms. The van der Waals surface area contributed by atoms with E-state index in [1.807, 2.05) is 13.0 Å². The number of nitrogens with one attached hydrogen (secondary N) is 1. The Morgan fingerprint density at radius 2 is 2.10 bits per heavy atom. The molecule has 1 amide bonds. The highest BCUT2D eigenvalue weighted by Crippen LogP contribution is 2.26. The van der Waals surface area contributed by atoms with Crippen LogP contribution in [0.4, 0.5) is 0 Å². The molecule has 1 aromatic heterocycles. The van der Waals surface area contributed by atoms with E-state index in [4.69, 9.17) is 10.2 Å². The second-order valence-electron chi connectivity index (χ2n) is 5.17. The Bertz CT molecular complexity index is 602. The molecule has 2 aromatic rings. The van der Waals surface area contributed by atoms with Gasteiger partial charge in [0.15, 0.2) is 0 Å². The van der Waals surface area contributed by atoms with Crippen molar-refractivity contribution < 1.29 is 9.21 Å². The number of carbonyl (C=O) groups excluding carboxylic acids is 1. The smallest absolute Gasteiger partial charge is 0.224 e. The van der Waals surface area contributed by atoms with Gasteiger partial charge in [-0.05, 0) is 44.4 Å². The van der Waals surface area contributed by atoms with Crippen molar-refractivity contribution in [2.45, 2.75) is 33.1 Å². The molecular weight excluding hydrogens is 252 g/mol. The van der Waals surface area contributed by atoms with Crippen LogP contribution in [0, 0.1) is 13.8 Å². The summed E-state index contributed by atoms with van der Waals surface area (Å²) >= 11 is 0. The van der Waals surface area contributed by atoms with E-state index in [1.54, 1.807) is 6.26 Å². The van der Waals surface area contributed by atoms with Crippen LogP contribution < -0.4 is 11.1 Å². The number of fused-ring (bicyclic) bond motifs is 1. The minimum atomic E-state index is 0.0305. The van der Waals surface area contributed by atoms with Gasteiger partial charge < -0.3 is 15.5 Å². The molecule has 0 fully saturated rings. The highest BCUT2D eigenvalue weighted by Gasteiger charge is 2.12. The molecule has 20 heavy (non-hydrogen) atoms. The molecule has 0 radical (unpaired) electrons. The van der Waals surface area contributed by atoms with Gasteiger partial charge in [0.25, 0.3) is 0 Å². The zero-order chi connectivity index (χ0) is 14.5. The average molecular weight is 274 g/mol. The average Bonchev–Trinajstić information content (AvgIpc) is 2.83.